The smallest absolute Gasteiger partial charge is 0.269 e. The van der Waals surface area contributed by atoms with Crippen LogP contribution in [0.15, 0.2) is 34.9 Å². The van der Waals surface area contributed by atoms with Gasteiger partial charge in [0.15, 0.2) is 0 Å². The molecule has 0 aliphatic carbocycles. The minimum atomic E-state index is -0.482. The summed E-state index contributed by atoms with van der Waals surface area (Å²) in [5.74, 6) is 0.113. The fourth-order valence-corrected chi connectivity index (χ4v) is 3.04. The van der Waals surface area contributed by atoms with Crippen LogP contribution < -0.4 is 5.32 Å². The number of allylic oxidation sites excluding steroid dienone is 1. The molecule has 0 aromatic heterocycles. The van der Waals surface area contributed by atoms with Gasteiger partial charge in [-0.25, -0.2) is 0 Å². The Labute approximate surface area is 126 Å². The standard InChI is InChI=1S/C14H13N3O3S/c1-2-21-14-12(8-15)11(7-13(18)16-14)9-4-3-5-10(6-9)17(19)20/h3-6,11H,2,7H2,1H3,(H,16,18)/t11-/m0/s1. The van der Waals surface area contributed by atoms with Crippen LogP contribution in [0.3, 0.4) is 0 Å². The Bertz CT molecular complexity index is 664. The second kappa shape index (κ2) is 6.41. The van der Waals surface area contributed by atoms with Crippen LogP contribution in [-0.2, 0) is 4.79 Å². The Balaban J connectivity index is 2.48. The van der Waals surface area contributed by atoms with Crippen LogP contribution in [0, 0.1) is 21.4 Å². The van der Waals surface area contributed by atoms with E-state index in [4.69, 9.17) is 0 Å². The van der Waals surface area contributed by atoms with Crippen molar-refractivity contribution in [2.24, 2.45) is 0 Å². The lowest BCUT2D eigenvalue weighted by molar-refractivity contribution is -0.384. The molecule has 0 spiro atoms. The zero-order chi connectivity index (χ0) is 15.4. The number of non-ortho nitro benzene ring substituents is 1. The molecule has 7 heteroatoms. The van der Waals surface area contributed by atoms with E-state index in [9.17, 15) is 20.2 Å². The Kier molecular flexibility index (Phi) is 4.60. The van der Waals surface area contributed by atoms with Crippen LogP contribution in [0.25, 0.3) is 0 Å². The summed E-state index contributed by atoms with van der Waals surface area (Å²) in [6.07, 6.45) is 0.123. The number of thioether (sulfide) groups is 1. The first-order valence-corrected chi connectivity index (χ1v) is 7.36. The maximum atomic E-state index is 11.8. The Morgan fingerprint density at radius 2 is 2.33 bits per heavy atom. The molecule has 0 bridgehead atoms. The molecule has 21 heavy (non-hydrogen) atoms. The molecule has 1 aliphatic rings. The first-order chi connectivity index (χ1) is 10.1. The molecule has 0 fully saturated rings. The molecular formula is C14H13N3O3S. The van der Waals surface area contributed by atoms with E-state index in [2.05, 4.69) is 11.4 Å². The number of hydrogen-bond donors (Lipinski definition) is 1. The number of nitrogens with zero attached hydrogens (tertiary/aromatic N) is 2. The molecule has 1 N–H and O–H groups in total. The number of benzene rings is 1. The Morgan fingerprint density at radius 1 is 1.57 bits per heavy atom. The summed E-state index contributed by atoms with van der Waals surface area (Å²) in [5.41, 5.74) is 1.03. The van der Waals surface area contributed by atoms with Crippen molar-refractivity contribution >= 4 is 23.4 Å². The van der Waals surface area contributed by atoms with Crippen LogP contribution in [0.4, 0.5) is 5.69 Å². The van der Waals surface area contributed by atoms with Crippen molar-refractivity contribution in [3.63, 3.8) is 0 Å². The van der Waals surface area contributed by atoms with Gasteiger partial charge in [-0.3, -0.25) is 14.9 Å². The van der Waals surface area contributed by atoms with E-state index in [0.29, 0.717) is 16.2 Å². The van der Waals surface area contributed by atoms with Crippen LogP contribution in [-0.4, -0.2) is 16.6 Å². The number of nitrogens with one attached hydrogen (secondary N) is 1. The van der Waals surface area contributed by atoms with Gasteiger partial charge in [0.25, 0.3) is 5.69 Å². The molecule has 1 heterocycles. The first kappa shape index (κ1) is 15.1. The maximum absolute atomic E-state index is 11.8. The van der Waals surface area contributed by atoms with Crippen molar-refractivity contribution in [2.75, 3.05) is 5.75 Å². The molecule has 1 aromatic rings. The number of carbonyl (C=O) groups excluding carboxylic acids is 1. The van der Waals surface area contributed by atoms with Gasteiger partial charge in [-0.1, -0.05) is 19.1 Å². The number of hydrogen-bond acceptors (Lipinski definition) is 5. The quantitative estimate of drug-likeness (QED) is 0.681. The van der Waals surface area contributed by atoms with Gasteiger partial charge >= 0.3 is 0 Å². The maximum Gasteiger partial charge on any atom is 0.269 e. The van der Waals surface area contributed by atoms with Crippen molar-refractivity contribution in [3.05, 3.63) is 50.5 Å². The van der Waals surface area contributed by atoms with E-state index in [1.54, 1.807) is 12.1 Å². The van der Waals surface area contributed by atoms with Gasteiger partial charge < -0.3 is 5.32 Å². The highest BCUT2D eigenvalue weighted by Crippen LogP contribution is 2.36. The molecule has 1 aliphatic heterocycles. The zero-order valence-electron chi connectivity index (χ0n) is 11.3. The SMILES string of the molecule is CCSC1=C(C#N)[C@H](c2cccc([N+](=O)[O-])c2)CC(=O)N1. The lowest BCUT2D eigenvalue weighted by Gasteiger charge is -2.24. The van der Waals surface area contributed by atoms with Crippen molar-refractivity contribution < 1.29 is 9.72 Å². The Hall–Kier alpha value is -2.33. The monoisotopic (exact) mass is 303 g/mol. The topological polar surface area (TPSA) is 96.0 Å². The lowest BCUT2D eigenvalue weighted by Crippen LogP contribution is -2.30. The van der Waals surface area contributed by atoms with Crippen molar-refractivity contribution in [2.45, 2.75) is 19.3 Å². The molecular weight excluding hydrogens is 290 g/mol. The lowest BCUT2D eigenvalue weighted by atomic mass is 9.87. The van der Waals surface area contributed by atoms with Gasteiger partial charge in [0, 0.05) is 24.5 Å². The molecule has 1 amide bonds. The highest BCUT2D eigenvalue weighted by atomic mass is 32.2. The minimum absolute atomic E-state index is 0.0412. The zero-order valence-corrected chi connectivity index (χ0v) is 12.1. The van der Waals surface area contributed by atoms with Crippen molar-refractivity contribution in [1.29, 1.82) is 5.26 Å². The molecule has 6 nitrogen and oxygen atoms in total. The first-order valence-electron chi connectivity index (χ1n) is 6.38. The molecule has 1 aromatic carbocycles. The van der Waals surface area contributed by atoms with E-state index >= 15 is 0 Å². The summed E-state index contributed by atoms with van der Waals surface area (Å²) < 4.78 is 0. The second-order valence-corrected chi connectivity index (χ2v) is 5.72. The number of rotatable bonds is 4. The predicted molar refractivity (Wildman–Crippen MR) is 79.4 cm³/mol. The van der Waals surface area contributed by atoms with Gasteiger partial charge in [0.05, 0.1) is 21.6 Å². The summed E-state index contributed by atoms with van der Waals surface area (Å²) in [6, 6.07) is 8.23. The fourth-order valence-electron chi connectivity index (χ4n) is 2.22. The summed E-state index contributed by atoms with van der Waals surface area (Å²) >= 11 is 1.39. The number of nitriles is 1. The van der Waals surface area contributed by atoms with Crippen LogP contribution in [0.1, 0.15) is 24.8 Å². The second-order valence-electron chi connectivity index (χ2n) is 4.44. The third kappa shape index (κ3) is 3.23. The van der Waals surface area contributed by atoms with Crippen LogP contribution in [0.2, 0.25) is 0 Å². The number of amides is 1. The fraction of sp³-hybridized carbons (Fsp3) is 0.286. The van der Waals surface area contributed by atoms with Gasteiger partial charge in [0.1, 0.15) is 0 Å². The molecule has 108 valence electrons. The van der Waals surface area contributed by atoms with E-state index in [0.717, 1.165) is 5.75 Å². The van der Waals surface area contributed by atoms with Gasteiger partial charge in [0.2, 0.25) is 5.91 Å². The van der Waals surface area contributed by atoms with Crippen LogP contribution >= 0.6 is 11.8 Å². The van der Waals surface area contributed by atoms with E-state index in [1.807, 2.05) is 6.92 Å². The summed E-state index contributed by atoms with van der Waals surface area (Å²) in [4.78, 5) is 22.2. The minimum Gasteiger partial charge on any atom is -0.320 e. The Morgan fingerprint density at radius 3 is 2.95 bits per heavy atom. The third-order valence-electron chi connectivity index (χ3n) is 3.13. The number of carbonyl (C=O) groups is 1. The third-order valence-corrected chi connectivity index (χ3v) is 4.03. The normalized spacial score (nSPS) is 18.1. The van der Waals surface area contributed by atoms with Gasteiger partial charge in [-0.15, -0.1) is 11.8 Å². The highest BCUT2D eigenvalue weighted by molar-refractivity contribution is 8.03. The largest absolute Gasteiger partial charge is 0.320 e. The number of nitro benzene ring substituents is 1. The molecule has 2 rings (SSSR count). The average molecular weight is 303 g/mol. The molecule has 1 atom stereocenters. The molecule has 0 radical (unpaired) electrons. The highest BCUT2D eigenvalue weighted by Gasteiger charge is 2.30. The van der Waals surface area contributed by atoms with E-state index in [-0.39, 0.29) is 18.0 Å². The molecule has 0 saturated heterocycles. The summed E-state index contributed by atoms with van der Waals surface area (Å²) in [7, 11) is 0. The predicted octanol–water partition coefficient (Wildman–Crippen LogP) is 2.69. The van der Waals surface area contributed by atoms with Gasteiger partial charge in [-0.05, 0) is 11.3 Å². The van der Waals surface area contributed by atoms with Crippen LogP contribution in [0.5, 0.6) is 0 Å². The van der Waals surface area contributed by atoms with E-state index in [1.165, 1.54) is 23.9 Å². The summed E-state index contributed by atoms with van der Waals surface area (Å²) in [5, 5.41) is 23.5. The van der Waals surface area contributed by atoms with Crippen molar-refractivity contribution in [1.82, 2.24) is 5.32 Å². The van der Waals surface area contributed by atoms with E-state index < -0.39 is 10.8 Å². The molecule has 0 saturated carbocycles. The molecule has 0 unspecified atom stereocenters. The number of nitro groups is 1. The summed E-state index contributed by atoms with van der Waals surface area (Å²) in [6.45, 7) is 1.93. The van der Waals surface area contributed by atoms with Crippen molar-refractivity contribution in [3.8, 4) is 6.07 Å². The van der Waals surface area contributed by atoms with Gasteiger partial charge in [-0.2, -0.15) is 5.26 Å². The average Bonchev–Trinajstić information content (AvgIpc) is 2.47.